The van der Waals surface area contributed by atoms with Gasteiger partial charge in [0.05, 0.1) is 12.1 Å². The molecule has 0 atom stereocenters. The first-order chi connectivity index (χ1) is 13.2. The lowest BCUT2D eigenvalue weighted by Gasteiger charge is -2.18. The zero-order valence-electron chi connectivity index (χ0n) is 14.2. The van der Waals surface area contributed by atoms with Gasteiger partial charge in [-0.15, -0.1) is 11.3 Å². The van der Waals surface area contributed by atoms with E-state index in [1.54, 1.807) is 29.5 Å². The summed E-state index contributed by atoms with van der Waals surface area (Å²) in [5.74, 6) is 0.363. The highest BCUT2D eigenvalue weighted by atomic mass is 32.1. The van der Waals surface area contributed by atoms with Crippen molar-refractivity contribution in [1.82, 2.24) is 4.98 Å². The van der Waals surface area contributed by atoms with Crippen LogP contribution >= 0.6 is 22.7 Å². The van der Waals surface area contributed by atoms with Crippen LogP contribution in [0.15, 0.2) is 40.4 Å². The standard InChI is InChI=1S/C19H15NO5S2/c21-15(12-1-2-16-17(7-12)24-5-4-23-16)9-25-18(22)8-14-11-27-19(20-14)13-3-6-26-10-13/h1-3,6-7,10-11H,4-5,8-9H2. The van der Waals surface area contributed by atoms with Crippen molar-refractivity contribution in [3.63, 3.8) is 0 Å². The number of thiazole rings is 1. The molecule has 6 nitrogen and oxygen atoms in total. The molecule has 0 saturated heterocycles. The van der Waals surface area contributed by atoms with Crippen LogP contribution in [0.25, 0.3) is 10.6 Å². The molecule has 0 radical (unpaired) electrons. The summed E-state index contributed by atoms with van der Waals surface area (Å²) in [5.41, 5.74) is 2.09. The molecule has 8 heteroatoms. The van der Waals surface area contributed by atoms with Gasteiger partial charge in [0, 0.05) is 21.9 Å². The van der Waals surface area contributed by atoms with E-state index in [4.69, 9.17) is 14.2 Å². The minimum Gasteiger partial charge on any atom is -0.486 e. The summed E-state index contributed by atoms with van der Waals surface area (Å²) in [6.07, 6.45) is 0.0368. The van der Waals surface area contributed by atoms with Gasteiger partial charge in [-0.3, -0.25) is 9.59 Å². The van der Waals surface area contributed by atoms with E-state index >= 15 is 0 Å². The molecule has 3 aromatic rings. The Bertz CT molecular complexity index is 964. The van der Waals surface area contributed by atoms with Gasteiger partial charge in [0.15, 0.2) is 23.9 Å². The van der Waals surface area contributed by atoms with E-state index in [2.05, 4.69) is 4.98 Å². The molecule has 3 heterocycles. The van der Waals surface area contributed by atoms with Crippen molar-refractivity contribution >= 4 is 34.4 Å². The number of ketones is 1. The number of hydrogen-bond donors (Lipinski definition) is 0. The Balaban J connectivity index is 1.32. The SMILES string of the molecule is O=C(Cc1csc(-c2ccsc2)n1)OCC(=O)c1ccc2c(c1)OCCO2. The second-order valence-corrected chi connectivity index (χ2v) is 7.41. The minimum atomic E-state index is -0.483. The summed E-state index contributed by atoms with van der Waals surface area (Å²) in [5, 5.41) is 6.68. The minimum absolute atomic E-state index is 0.0368. The highest BCUT2D eigenvalue weighted by Gasteiger charge is 2.17. The second kappa shape index (κ2) is 7.89. The molecule has 1 aromatic carbocycles. The van der Waals surface area contributed by atoms with Gasteiger partial charge in [-0.2, -0.15) is 11.3 Å². The predicted molar refractivity (Wildman–Crippen MR) is 102 cm³/mol. The number of carbonyl (C=O) groups is 2. The number of thiophene rings is 1. The molecule has 0 aliphatic carbocycles. The van der Waals surface area contributed by atoms with Crippen molar-refractivity contribution in [3.8, 4) is 22.1 Å². The monoisotopic (exact) mass is 401 g/mol. The maximum absolute atomic E-state index is 12.3. The van der Waals surface area contributed by atoms with E-state index in [-0.39, 0.29) is 18.8 Å². The number of esters is 1. The van der Waals surface area contributed by atoms with Crippen LogP contribution in [-0.4, -0.2) is 36.6 Å². The Morgan fingerprint density at radius 1 is 1.11 bits per heavy atom. The van der Waals surface area contributed by atoms with Crippen LogP contribution < -0.4 is 9.47 Å². The van der Waals surface area contributed by atoms with Gasteiger partial charge in [-0.05, 0) is 29.6 Å². The average Bonchev–Trinajstić information content (AvgIpc) is 3.37. The molecule has 1 aliphatic rings. The van der Waals surface area contributed by atoms with Crippen LogP contribution in [0.4, 0.5) is 0 Å². The molecule has 4 rings (SSSR count). The third-order valence-electron chi connectivity index (χ3n) is 3.87. The summed E-state index contributed by atoms with van der Waals surface area (Å²) in [6.45, 7) is 0.614. The molecule has 0 bridgehead atoms. The summed E-state index contributed by atoms with van der Waals surface area (Å²) in [7, 11) is 0. The van der Waals surface area contributed by atoms with Crippen LogP contribution in [-0.2, 0) is 16.0 Å². The van der Waals surface area contributed by atoms with E-state index in [1.165, 1.54) is 11.3 Å². The number of rotatable bonds is 6. The fourth-order valence-corrected chi connectivity index (χ4v) is 4.08. The number of carbonyl (C=O) groups excluding carboxylic acids is 2. The van der Waals surface area contributed by atoms with Crippen LogP contribution in [0.2, 0.25) is 0 Å². The van der Waals surface area contributed by atoms with Gasteiger partial charge in [0.1, 0.15) is 18.2 Å². The molecule has 0 fully saturated rings. The summed E-state index contributed by atoms with van der Waals surface area (Å²) in [6, 6.07) is 6.91. The van der Waals surface area contributed by atoms with Crippen LogP contribution in [0.1, 0.15) is 16.1 Å². The zero-order valence-corrected chi connectivity index (χ0v) is 15.8. The number of fused-ring (bicyclic) bond motifs is 1. The zero-order chi connectivity index (χ0) is 18.6. The first-order valence-electron chi connectivity index (χ1n) is 8.24. The van der Waals surface area contributed by atoms with Crippen molar-refractivity contribution in [2.45, 2.75) is 6.42 Å². The quantitative estimate of drug-likeness (QED) is 0.464. The maximum Gasteiger partial charge on any atom is 0.312 e. The van der Waals surface area contributed by atoms with E-state index < -0.39 is 5.97 Å². The fourth-order valence-electron chi connectivity index (χ4n) is 2.55. The summed E-state index contributed by atoms with van der Waals surface area (Å²) in [4.78, 5) is 28.7. The van der Waals surface area contributed by atoms with Crippen molar-refractivity contribution < 1.29 is 23.8 Å². The van der Waals surface area contributed by atoms with Gasteiger partial charge in [-0.1, -0.05) is 0 Å². The average molecular weight is 401 g/mol. The molecule has 0 saturated carbocycles. The number of benzene rings is 1. The highest BCUT2D eigenvalue weighted by Crippen LogP contribution is 2.31. The molecular formula is C19H15NO5S2. The fraction of sp³-hybridized carbons (Fsp3) is 0.211. The topological polar surface area (TPSA) is 74.7 Å². The molecule has 1 aliphatic heterocycles. The Hall–Kier alpha value is -2.71. The van der Waals surface area contributed by atoms with Crippen molar-refractivity contribution in [3.05, 3.63) is 51.7 Å². The number of Topliss-reactive ketones (excluding diaryl/α,β-unsaturated/α-hetero) is 1. The molecule has 27 heavy (non-hydrogen) atoms. The molecule has 0 amide bonds. The van der Waals surface area contributed by atoms with E-state index in [0.717, 1.165) is 10.6 Å². The summed E-state index contributed by atoms with van der Waals surface area (Å²) < 4.78 is 16.0. The third-order valence-corrected chi connectivity index (χ3v) is 5.50. The number of hydrogen-bond acceptors (Lipinski definition) is 8. The molecule has 0 unspecified atom stereocenters. The normalized spacial score (nSPS) is 12.6. The van der Waals surface area contributed by atoms with Gasteiger partial charge in [-0.25, -0.2) is 4.98 Å². The largest absolute Gasteiger partial charge is 0.486 e. The number of nitrogens with zero attached hydrogens (tertiary/aromatic N) is 1. The third kappa shape index (κ3) is 4.17. The lowest BCUT2D eigenvalue weighted by molar-refractivity contribution is -0.141. The van der Waals surface area contributed by atoms with Gasteiger partial charge < -0.3 is 14.2 Å². The smallest absolute Gasteiger partial charge is 0.312 e. The lowest BCUT2D eigenvalue weighted by atomic mass is 10.1. The Kier molecular flexibility index (Phi) is 5.17. The maximum atomic E-state index is 12.3. The Labute approximate surface area is 163 Å². The van der Waals surface area contributed by atoms with Crippen LogP contribution in [0.5, 0.6) is 11.5 Å². The number of aromatic nitrogens is 1. The number of ether oxygens (including phenoxy) is 3. The lowest BCUT2D eigenvalue weighted by Crippen LogP contribution is -2.18. The van der Waals surface area contributed by atoms with E-state index in [1.807, 2.05) is 22.2 Å². The predicted octanol–water partition coefficient (Wildman–Crippen LogP) is 3.61. The van der Waals surface area contributed by atoms with Gasteiger partial charge >= 0.3 is 5.97 Å². The molecule has 2 aromatic heterocycles. The Morgan fingerprint density at radius 3 is 2.78 bits per heavy atom. The second-order valence-electron chi connectivity index (χ2n) is 5.78. The highest BCUT2D eigenvalue weighted by molar-refractivity contribution is 7.14. The van der Waals surface area contributed by atoms with Crippen molar-refractivity contribution in [2.75, 3.05) is 19.8 Å². The van der Waals surface area contributed by atoms with E-state index in [9.17, 15) is 9.59 Å². The van der Waals surface area contributed by atoms with Gasteiger partial charge in [0.25, 0.3) is 0 Å². The Morgan fingerprint density at radius 2 is 1.96 bits per heavy atom. The van der Waals surface area contributed by atoms with Crippen LogP contribution in [0, 0.1) is 0 Å². The molecule has 138 valence electrons. The van der Waals surface area contributed by atoms with Crippen LogP contribution in [0.3, 0.4) is 0 Å². The molecule has 0 spiro atoms. The summed E-state index contributed by atoms with van der Waals surface area (Å²) >= 11 is 3.07. The van der Waals surface area contributed by atoms with E-state index in [0.29, 0.717) is 36.0 Å². The van der Waals surface area contributed by atoms with Crippen molar-refractivity contribution in [1.29, 1.82) is 0 Å². The van der Waals surface area contributed by atoms with Gasteiger partial charge in [0.2, 0.25) is 0 Å². The molecular weight excluding hydrogens is 386 g/mol. The first-order valence-corrected chi connectivity index (χ1v) is 10.1. The molecule has 0 N–H and O–H groups in total. The first kappa shape index (κ1) is 17.7. The van der Waals surface area contributed by atoms with Crippen molar-refractivity contribution in [2.24, 2.45) is 0 Å².